The zero-order valence-corrected chi connectivity index (χ0v) is 7.59. The predicted molar refractivity (Wildman–Crippen MR) is 50.2 cm³/mol. The van der Waals surface area contributed by atoms with E-state index in [1.54, 1.807) is 0 Å². The van der Waals surface area contributed by atoms with Crippen molar-refractivity contribution in [2.75, 3.05) is 13.1 Å². The lowest BCUT2D eigenvalue weighted by Gasteiger charge is -2.09. The Morgan fingerprint density at radius 3 is 3.00 bits per heavy atom. The molecule has 0 saturated carbocycles. The minimum Gasteiger partial charge on any atom is -0.347 e. The van der Waals surface area contributed by atoms with E-state index in [1.807, 2.05) is 0 Å². The second-order valence-corrected chi connectivity index (χ2v) is 3.32. The van der Waals surface area contributed by atoms with E-state index < -0.39 is 0 Å². The average Bonchev–Trinajstić information content (AvgIpc) is 2.75. The monoisotopic (exact) mass is 196 g/mol. The first kappa shape index (κ1) is 9.01. The molecule has 6 nitrogen and oxygen atoms in total. The first-order chi connectivity index (χ1) is 6.75. The molecule has 2 heterocycles. The van der Waals surface area contributed by atoms with E-state index in [9.17, 15) is 9.59 Å². The predicted octanol–water partition coefficient (Wildman–Crippen LogP) is -1.21. The lowest BCUT2D eigenvalue weighted by atomic mass is 10.2. The molecule has 1 fully saturated rings. The van der Waals surface area contributed by atoms with Crippen molar-refractivity contribution in [3.05, 3.63) is 22.4 Å². The molecule has 4 N–H and O–H groups in total. The fourth-order valence-electron chi connectivity index (χ4n) is 1.50. The van der Waals surface area contributed by atoms with Crippen LogP contribution in [0.3, 0.4) is 0 Å². The Bertz CT molecular complexity index is 375. The van der Waals surface area contributed by atoms with Crippen molar-refractivity contribution >= 4 is 5.91 Å². The van der Waals surface area contributed by atoms with Gasteiger partial charge in [0.15, 0.2) is 0 Å². The Hall–Kier alpha value is -1.56. The number of hydrogen-bond acceptors (Lipinski definition) is 3. The molecule has 0 spiro atoms. The van der Waals surface area contributed by atoms with E-state index in [0.29, 0.717) is 0 Å². The Labute approximate surface area is 80.1 Å². The Morgan fingerprint density at radius 1 is 1.57 bits per heavy atom. The first-order valence-corrected chi connectivity index (χ1v) is 4.55. The summed E-state index contributed by atoms with van der Waals surface area (Å²) in [5.74, 6) is -0.239. The second kappa shape index (κ2) is 3.67. The van der Waals surface area contributed by atoms with Crippen molar-refractivity contribution in [2.24, 2.45) is 0 Å². The molecule has 76 valence electrons. The molecular formula is C8H12N4O2. The smallest absolute Gasteiger partial charge is 0.323 e. The van der Waals surface area contributed by atoms with Crippen LogP contribution in [0.15, 0.2) is 11.0 Å². The van der Waals surface area contributed by atoms with Gasteiger partial charge in [-0.15, -0.1) is 0 Å². The Balaban J connectivity index is 1.98. The summed E-state index contributed by atoms with van der Waals surface area (Å²) in [6.07, 6.45) is 2.31. The topological polar surface area (TPSA) is 89.8 Å². The third-order valence-electron chi connectivity index (χ3n) is 2.24. The van der Waals surface area contributed by atoms with Crippen LogP contribution in [0.5, 0.6) is 0 Å². The van der Waals surface area contributed by atoms with E-state index in [-0.39, 0.29) is 23.3 Å². The number of imidazole rings is 1. The summed E-state index contributed by atoms with van der Waals surface area (Å²) in [4.78, 5) is 27.0. The molecule has 0 bridgehead atoms. The molecule has 0 aromatic carbocycles. The number of rotatable bonds is 2. The van der Waals surface area contributed by atoms with Gasteiger partial charge in [0.2, 0.25) is 0 Å². The largest absolute Gasteiger partial charge is 0.347 e. The third-order valence-corrected chi connectivity index (χ3v) is 2.24. The summed E-state index contributed by atoms with van der Waals surface area (Å²) in [6.45, 7) is 1.72. The van der Waals surface area contributed by atoms with Crippen LogP contribution in [-0.2, 0) is 0 Å². The molecule has 0 aliphatic carbocycles. The number of carbonyl (C=O) groups is 1. The molecule has 0 radical (unpaired) electrons. The average molecular weight is 196 g/mol. The van der Waals surface area contributed by atoms with Crippen LogP contribution >= 0.6 is 0 Å². The number of H-pyrrole nitrogens is 2. The highest BCUT2D eigenvalue weighted by molar-refractivity contribution is 5.92. The van der Waals surface area contributed by atoms with E-state index >= 15 is 0 Å². The highest BCUT2D eigenvalue weighted by Gasteiger charge is 2.18. The maximum Gasteiger partial charge on any atom is 0.323 e. The number of hydrogen-bond donors (Lipinski definition) is 4. The quantitative estimate of drug-likeness (QED) is 0.478. The van der Waals surface area contributed by atoms with Gasteiger partial charge >= 0.3 is 5.69 Å². The number of amides is 1. The maximum absolute atomic E-state index is 11.5. The third kappa shape index (κ3) is 1.85. The zero-order valence-electron chi connectivity index (χ0n) is 7.59. The molecule has 2 rings (SSSR count). The van der Waals surface area contributed by atoms with Gasteiger partial charge in [-0.1, -0.05) is 0 Å². The second-order valence-electron chi connectivity index (χ2n) is 3.32. The van der Waals surface area contributed by atoms with Crippen LogP contribution in [0.2, 0.25) is 0 Å². The van der Waals surface area contributed by atoms with Gasteiger partial charge in [-0.25, -0.2) is 4.79 Å². The normalized spacial score (nSPS) is 21.0. The molecule has 1 unspecified atom stereocenters. The number of aromatic nitrogens is 2. The van der Waals surface area contributed by atoms with Gasteiger partial charge in [-0.2, -0.15) is 0 Å². The molecule has 1 atom stereocenters. The summed E-state index contributed by atoms with van der Waals surface area (Å²) in [5.41, 5.74) is -0.0819. The standard InChI is InChI=1S/C8H12N4O2/c13-7(6-4-10-8(14)12-6)11-5-1-2-9-3-5/h4-5,9H,1-3H2,(H,11,13)(H2,10,12,14). The van der Waals surface area contributed by atoms with Crippen LogP contribution in [0.4, 0.5) is 0 Å². The van der Waals surface area contributed by atoms with Crippen molar-refractivity contribution in [1.82, 2.24) is 20.6 Å². The minimum absolute atomic E-state index is 0.168. The zero-order chi connectivity index (χ0) is 9.97. The Kier molecular flexibility index (Phi) is 2.36. The lowest BCUT2D eigenvalue weighted by molar-refractivity contribution is 0.0935. The van der Waals surface area contributed by atoms with Gasteiger partial charge in [-0.05, 0) is 13.0 Å². The van der Waals surface area contributed by atoms with E-state index in [1.165, 1.54) is 6.20 Å². The van der Waals surface area contributed by atoms with E-state index in [2.05, 4.69) is 20.6 Å². The molecule has 6 heteroatoms. The molecule has 1 amide bonds. The van der Waals surface area contributed by atoms with Crippen molar-refractivity contribution in [2.45, 2.75) is 12.5 Å². The van der Waals surface area contributed by atoms with Crippen molar-refractivity contribution in [3.8, 4) is 0 Å². The van der Waals surface area contributed by atoms with Crippen molar-refractivity contribution in [1.29, 1.82) is 0 Å². The minimum atomic E-state index is -0.361. The van der Waals surface area contributed by atoms with Crippen LogP contribution in [-0.4, -0.2) is 35.0 Å². The Morgan fingerprint density at radius 2 is 2.43 bits per heavy atom. The molecular weight excluding hydrogens is 184 g/mol. The van der Waals surface area contributed by atoms with Crippen LogP contribution in [0.1, 0.15) is 16.9 Å². The first-order valence-electron chi connectivity index (χ1n) is 4.55. The van der Waals surface area contributed by atoms with Crippen LogP contribution in [0.25, 0.3) is 0 Å². The van der Waals surface area contributed by atoms with Gasteiger partial charge in [0, 0.05) is 18.8 Å². The number of aromatic amines is 2. The lowest BCUT2D eigenvalue weighted by Crippen LogP contribution is -2.36. The summed E-state index contributed by atoms with van der Waals surface area (Å²) in [6, 6.07) is 0.168. The van der Waals surface area contributed by atoms with Crippen molar-refractivity contribution < 1.29 is 4.79 Å². The van der Waals surface area contributed by atoms with Gasteiger partial charge in [-0.3, -0.25) is 4.79 Å². The SMILES string of the molecule is O=C(NC1CCNC1)c1c[nH]c(=O)[nH]1. The molecule has 1 saturated heterocycles. The van der Waals surface area contributed by atoms with Crippen LogP contribution in [0, 0.1) is 0 Å². The fraction of sp³-hybridized carbons (Fsp3) is 0.500. The summed E-state index contributed by atoms with van der Waals surface area (Å²) >= 11 is 0. The molecule has 1 aromatic rings. The van der Waals surface area contributed by atoms with Crippen molar-refractivity contribution in [3.63, 3.8) is 0 Å². The van der Waals surface area contributed by atoms with E-state index in [0.717, 1.165) is 19.5 Å². The van der Waals surface area contributed by atoms with Crippen LogP contribution < -0.4 is 16.3 Å². The van der Waals surface area contributed by atoms with E-state index in [4.69, 9.17) is 0 Å². The highest BCUT2D eigenvalue weighted by atomic mass is 16.2. The highest BCUT2D eigenvalue weighted by Crippen LogP contribution is 1.98. The molecule has 1 aliphatic heterocycles. The fourth-order valence-corrected chi connectivity index (χ4v) is 1.50. The summed E-state index contributed by atoms with van der Waals surface area (Å²) < 4.78 is 0. The van der Waals surface area contributed by atoms with Gasteiger partial charge in [0.25, 0.3) is 5.91 Å². The van der Waals surface area contributed by atoms with Gasteiger partial charge < -0.3 is 20.6 Å². The molecule has 1 aliphatic rings. The van der Waals surface area contributed by atoms with Gasteiger partial charge in [0.05, 0.1) is 0 Å². The number of nitrogens with one attached hydrogen (secondary N) is 4. The molecule has 1 aromatic heterocycles. The summed E-state index contributed by atoms with van der Waals surface area (Å²) in [7, 11) is 0. The maximum atomic E-state index is 11.5. The van der Waals surface area contributed by atoms with Gasteiger partial charge in [0.1, 0.15) is 5.69 Å². The molecule has 14 heavy (non-hydrogen) atoms. The number of carbonyl (C=O) groups excluding carboxylic acids is 1. The summed E-state index contributed by atoms with van der Waals surface area (Å²) in [5, 5.41) is 5.96.